The SMILES string of the molecule is C[C@H](NP(C)(=O)Oc1ccccc1)C(=O)OC1CCCCCCC1. The highest BCUT2D eigenvalue weighted by molar-refractivity contribution is 7.56. The first-order valence-electron chi connectivity index (χ1n) is 8.77. The van der Waals surface area contributed by atoms with E-state index in [1.807, 2.05) is 18.2 Å². The van der Waals surface area contributed by atoms with Crippen LogP contribution in [0.25, 0.3) is 0 Å². The van der Waals surface area contributed by atoms with Gasteiger partial charge in [-0.25, -0.2) is 5.09 Å². The molecule has 1 saturated carbocycles. The van der Waals surface area contributed by atoms with Crippen molar-refractivity contribution in [3.05, 3.63) is 30.3 Å². The van der Waals surface area contributed by atoms with Gasteiger partial charge in [-0.05, 0) is 44.7 Å². The molecule has 0 aliphatic heterocycles. The quantitative estimate of drug-likeness (QED) is 0.601. The Bertz CT molecular complexity index is 555. The monoisotopic (exact) mass is 353 g/mol. The normalized spacial score (nSPS) is 20.2. The third kappa shape index (κ3) is 6.66. The molecular formula is C18H28NO4P. The van der Waals surface area contributed by atoms with E-state index in [-0.39, 0.29) is 12.1 Å². The number of carbonyl (C=O) groups excluding carboxylic acids is 1. The third-order valence-electron chi connectivity index (χ3n) is 4.14. The van der Waals surface area contributed by atoms with Gasteiger partial charge in [0.2, 0.25) is 0 Å². The number of hydrogen-bond donors (Lipinski definition) is 1. The fraction of sp³-hybridized carbons (Fsp3) is 0.611. The lowest BCUT2D eigenvalue weighted by Crippen LogP contribution is -2.36. The Kier molecular flexibility index (Phi) is 7.32. The number of ether oxygens (including phenoxy) is 1. The lowest BCUT2D eigenvalue weighted by molar-refractivity contribution is -0.151. The second kappa shape index (κ2) is 9.24. The summed E-state index contributed by atoms with van der Waals surface area (Å²) in [5, 5.41) is 2.78. The molecule has 2 atom stereocenters. The molecule has 0 spiro atoms. The molecule has 1 aliphatic carbocycles. The number of rotatable bonds is 6. The molecule has 1 aromatic rings. The van der Waals surface area contributed by atoms with Gasteiger partial charge in [0.25, 0.3) is 0 Å². The summed E-state index contributed by atoms with van der Waals surface area (Å²) < 4.78 is 23.6. The highest BCUT2D eigenvalue weighted by atomic mass is 31.2. The Morgan fingerprint density at radius 3 is 2.33 bits per heavy atom. The molecule has 24 heavy (non-hydrogen) atoms. The first-order chi connectivity index (χ1) is 11.5. The van der Waals surface area contributed by atoms with Crippen molar-refractivity contribution in [1.29, 1.82) is 0 Å². The van der Waals surface area contributed by atoms with E-state index >= 15 is 0 Å². The third-order valence-corrected chi connectivity index (χ3v) is 5.56. The van der Waals surface area contributed by atoms with E-state index in [0.717, 1.165) is 25.7 Å². The van der Waals surface area contributed by atoms with E-state index < -0.39 is 13.6 Å². The lowest BCUT2D eigenvalue weighted by Gasteiger charge is -2.24. The van der Waals surface area contributed by atoms with E-state index in [2.05, 4.69) is 5.09 Å². The van der Waals surface area contributed by atoms with Crippen molar-refractivity contribution in [3.8, 4) is 5.75 Å². The average molecular weight is 353 g/mol. The molecule has 1 aromatic carbocycles. The second-order valence-corrected chi connectivity index (χ2v) is 8.64. The standard InChI is InChI=1S/C18H28NO4P/c1-15(18(20)22-16-11-7-4-3-5-8-12-16)19-24(2,21)23-17-13-9-6-10-14-17/h6,9-10,13-16H,3-5,7-8,11-12H2,1-2H3,(H,19,21)/t15-,24?/m0/s1. The summed E-state index contributed by atoms with van der Waals surface area (Å²) in [4.78, 5) is 12.3. The van der Waals surface area contributed by atoms with Gasteiger partial charge in [-0.2, -0.15) is 0 Å². The van der Waals surface area contributed by atoms with Crippen molar-refractivity contribution < 1.29 is 18.6 Å². The number of carbonyl (C=O) groups is 1. The molecule has 0 bridgehead atoms. The molecule has 0 radical (unpaired) electrons. The van der Waals surface area contributed by atoms with Crippen molar-refractivity contribution >= 4 is 13.5 Å². The van der Waals surface area contributed by atoms with Crippen LogP contribution < -0.4 is 9.61 Å². The minimum Gasteiger partial charge on any atom is -0.461 e. The number of benzene rings is 1. The summed E-state index contributed by atoms with van der Waals surface area (Å²) in [7, 11) is -3.14. The van der Waals surface area contributed by atoms with E-state index in [1.54, 1.807) is 19.1 Å². The molecule has 5 nitrogen and oxygen atoms in total. The summed E-state index contributed by atoms with van der Waals surface area (Å²) in [5.41, 5.74) is 0. The topological polar surface area (TPSA) is 64.6 Å². The molecule has 6 heteroatoms. The Labute approximate surface area is 144 Å². The zero-order chi connectivity index (χ0) is 17.4. The maximum Gasteiger partial charge on any atom is 0.323 e. The van der Waals surface area contributed by atoms with Crippen LogP contribution in [0.1, 0.15) is 51.9 Å². The molecule has 1 unspecified atom stereocenters. The van der Waals surface area contributed by atoms with Crippen LogP contribution >= 0.6 is 7.52 Å². The fourth-order valence-corrected chi connectivity index (χ4v) is 4.30. The predicted octanol–water partition coefficient (Wildman–Crippen LogP) is 4.52. The van der Waals surface area contributed by atoms with Gasteiger partial charge in [0.1, 0.15) is 17.9 Å². The molecule has 0 amide bonds. The molecule has 0 aromatic heterocycles. The van der Waals surface area contributed by atoms with Gasteiger partial charge in [-0.3, -0.25) is 9.36 Å². The van der Waals surface area contributed by atoms with Gasteiger partial charge >= 0.3 is 13.5 Å². The van der Waals surface area contributed by atoms with Crippen LogP contribution in [0.2, 0.25) is 0 Å². The number of para-hydroxylation sites is 1. The van der Waals surface area contributed by atoms with Gasteiger partial charge in [-0.1, -0.05) is 37.5 Å². The van der Waals surface area contributed by atoms with Crippen LogP contribution in [0.5, 0.6) is 5.75 Å². The summed E-state index contributed by atoms with van der Waals surface area (Å²) in [5.74, 6) is 0.149. The number of nitrogens with one attached hydrogen (secondary N) is 1. The van der Waals surface area contributed by atoms with E-state index in [1.165, 1.54) is 25.9 Å². The van der Waals surface area contributed by atoms with Crippen LogP contribution in [0.3, 0.4) is 0 Å². The molecule has 1 aliphatic rings. The smallest absolute Gasteiger partial charge is 0.323 e. The first kappa shape index (κ1) is 19.0. The summed E-state index contributed by atoms with van der Waals surface area (Å²) in [6, 6.07) is 8.26. The van der Waals surface area contributed by atoms with Crippen LogP contribution in [0, 0.1) is 0 Å². The van der Waals surface area contributed by atoms with Crippen LogP contribution in [0.15, 0.2) is 30.3 Å². The molecule has 1 N–H and O–H groups in total. The number of esters is 1. The molecule has 134 valence electrons. The zero-order valence-corrected chi connectivity index (χ0v) is 15.5. The summed E-state index contributed by atoms with van der Waals surface area (Å²) in [6.45, 7) is 3.13. The van der Waals surface area contributed by atoms with Crippen LogP contribution in [0.4, 0.5) is 0 Å². The van der Waals surface area contributed by atoms with Crippen molar-refractivity contribution in [3.63, 3.8) is 0 Å². The molecule has 0 saturated heterocycles. The first-order valence-corrected chi connectivity index (χ1v) is 10.8. The van der Waals surface area contributed by atoms with Gasteiger partial charge in [0.15, 0.2) is 0 Å². The van der Waals surface area contributed by atoms with Crippen molar-refractivity contribution in [1.82, 2.24) is 5.09 Å². The van der Waals surface area contributed by atoms with Gasteiger partial charge in [0.05, 0.1) is 0 Å². The number of hydrogen-bond acceptors (Lipinski definition) is 4. The maximum atomic E-state index is 12.5. The van der Waals surface area contributed by atoms with Crippen LogP contribution in [-0.2, 0) is 14.1 Å². The second-order valence-electron chi connectivity index (χ2n) is 6.51. The van der Waals surface area contributed by atoms with Crippen LogP contribution in [-0.4, -0.2) is 24.8 Å². The molecular weight excluding hydrogens is 325 g/mol. The Balaban J connectivity index is 1.84. The molecule has 2 rings (SSSR count). The molecule has 1 fully saturated rings. The predicted molar refractivity (Wildman–Crippen MR) is 95.4 cm³/mol. The van der Waals surface area contributed by atoms with Crippen molar-refractivity contribution in [2.24, 2.45) is 0 Å². The van der Waals surface area contributed by atoms with E-state index in [9.17, 15) is 9.36 Å². The zero-order valence-electron chi connectivity index (χ0n) is 14.6. The van der Waals surface area contributed by atoms with Crippen molar-refractivity contribution in [2.45, 2.75) is 64.0 Å². The summed E-state index contributed by atoms with van der Waals surface area (Å²) >= 11 is 0. The van der Waals surface area contributed by atoms with Gasteiger partial charge in [0, 0.05) is 6.66 Å². The Hall–Kier alpha value is -1.32. The highest BCUT2D eigenvalue weighted by Gasteiger charge is 2.27. The summed E-state index contributed by atoms with van der Waals surface area (Å²) in [6.07, 6.45) is 7.70. The Morgan fingerprint density at radius 1 is 1.12 bits per heavy atom. The maximum absolute atomic E-state index is 12.5. The minimum atomic E-state index is -3.14. The minimum absolute atomic E-state index is 0.0201. The highest BCUT2D eigenvalue weighted by Crippen LogP contribution is 2.39. The lowest BCUT2D eigenvalue weighted by atomic mass is 9.98. The fourth-order valence-electron chi connectivity index (χ4n) is 2.92. The van der Waals surface area contributed by atoms with E-state index in [0.29, 0.717) is 5.75 Å². The largest absolute Gasteiger partial charge is 0.461 e. The van der Waals surface area contributed by atoms with Gasteiger partial charge < -0.3 is 9.26 Å². The van der Waals surface area contributed by atoms with E-state index in [4.69, 9.17) is 9.26 Å². The van der Waals surface area contributed by atoms with Crippen molar-refractivity contribution in [2.75, 3.05) is 6.66 Å². The molecule has 0 heterocycles. The van der Waals surface area contributed by atoms with Gasteiger partial charge in [-0.15, -0.1) is 0 Å². The Morgan fingerprint density at radius 2 is 1.71 bits per heavy atom. The average Bonchev–Trinajstić information content (AvgIpc) is 2.49.